The van der Waals surface area contributed by atoms with E-state index in [-0.39, 0.29) is 36.5 Å². The second-order valence-electron chi connectivity index (χ2n) is 8.87. The van der Waals surface area contributed by atoms with Gasteiger partial charge in [-0.25, -0.2) is 9.37 Å². The fraction of sp³-hybridized carbons (Fsp3) is 0.320. The molecular weight excluding hydrogens is 533 g/mol. The number of benzene rings is 2. The van der Waals surface area contributed by atoms with Gasteiger partial charge in [0.1, 0.15) is 11.9 Å². The Morgan fingerprint density at radius 2 is 1.72 bits per heavy atom. The Bertz CT molecular complexity index is 1380. The number of carbonyl (C=O) groups excluding carboxylic acids is 3. The molecule has 11 heteroatoms. The molecule has 3 aromatic rings. The van der Waals surface area contributed by atoms with Crippen LogP contribution in [0.5, 0.6) is 0 Å². The lowest BCUT2D eigenvalue weighted by Gasteiger charge is -2.37. The van der Waals surface area contributed by atoms with Crippen LogP contribution < -0.4 is 10.9 Å². The van der Waals surface area contributed by atoms with Crippen LogP contribution in [0.1, 0.15) is 34.7 Å². The van der Waals surface area contributed by atoms with Crippen LogP contribution in [-0.2, 0) is 4.79 Å². The molecule has 0 spiro atoms. The lowest BCUT2D eigenvalue weighted by Crippen LogP contribution is -2.57. The molecule has 1 atom stereocenters. The molecule has 0 unspecified atom stereocenters. The molecule has 188 valence electrons. The summed E-state index contributed by atoms with van der Waals surface area (Å²) in [6.45, 7) is 4.73. The standard InChI is InChI=1S/C25H25BrFN5O4/c1-14(2)20(30-23(34)21-22(33)29-19-6-4-3-5-18(19)28-21)25(36)32-11-9-31(10-12-32)24(35)16-8-7-15(27)13-17(16)26/h3-8,13-14,20H,9-12H2,1-2H3,(H,29,33)(H,30,34)/t20-/m0/s1. The molecule has 1 saturated heterocycles. The number of piperazine rings is 1. The number of hydrogen-bond acceptors (Lipinski definition) is 5. The average molecular weight is 558 g/mol. The number of fused-ring (bicyclic) bond motifs is 1. The first-order valence-electron chi connectivity index (χ1n) is 11.5. The van der Waals surface area contributed by atoms with Gasteiger partial charge in [0.05, 0.1) is 16.6 Å². The van der Waals surface area contributed by atoms with Crippen molar-refractivity contribution in [2.75, 3.05) is 26.2 Å². The first kappa shape index (κ1) is 25.5. The van der Waals surface area contributed by atoms with Crippen LogP contribution in [0.4, 0.5) is 4.39 Å². The number of nitrogens with one attached hydrogen (secondary N) is 2. The predicted octanol–water partition coefficient (Wildman–Crippen LogP) is 2.56. The molecule has 1 aliphatic rings. The molecule has 3 amide bonds. The normalized spacial score (nSPS) is 14.7. The summed E-state index contributed by atoms with van der Waals surface area (Å²) in [6.07, 6.45) is 0. The summed E-state index contributed by atoms with van der Waals surface area (Å²) in [7, 11) is 0. The molecule has 2 aromatic carbocycles. The van der Waals surface area contributed by atoms with Crippen molar-refractivity contribution in [3.8, 4) is 0 Å². The van der Waals surface area contributed by atoms with E-state index in [4.69, 9.17) is 0 Å². The minimum atomic E-state index is -0.876. The van der Waals surface area contributed by atoms with E-state index < -0.39 is 23.3 Å². The maximum atomic E-state index is 13.4. The number of hydrogen-bond donors (Lipinski definition) is 2. The van der Waals surface area contributed by atoms with Crippen LogP contribution in [0.15, 0.2) is 51.7 Å². The Morgan fingerprint density at radius 1 is 1.06 bits per heavy atom. The van der Waals surface area contributed by atoms with Crippen molar-refractivity contribution in [3.05, 3.63) is 74.4 Å². The SMILES string of the molecule is CC(C)[C@H](NC(=O)c1nc2ccccc2[nH]c1=O)C(=O)N1CCN(C(=O)c2ccc(F)cc2Br)CC1. The van der Waals surface area contributed by atoms with Gasteiger partial charge in [-0.15, -0.1) is 0 Å². The van der Waals surface area contributed by atoms with Gasteiger partial charge in [0.25, 0.3) is 17.4 Å². The summed E-state index contributed by atoms with van der Waals surface area (Å²) in [5.41, 5.74) is 0.364. The number of aromatic amines is 1. The summed E-state index contributed by atoms with van der Waals surface area (Å²) in [5.74, 6) is -1.99. The molecule has 9 nitrogen and oxygen atoms in total. The average Bonchev–Trinajstić information content (AvgIpc) is 2.86. The largest absolute Gasteiger partial charge is 0.338 e. The summed E-state index contributed by atoms with van der Waals surface area (Å²) < 4.78 is 13.7. The van der Waals surface area contributed by atoms with Gasteiger partial charge in [0, 0.05) is 30.7 Å². The zero-order chi connectivity index (χ0) is 26.0. The number of halogens is 2. The summed E-state index contributed by atoms with van der Waals surface area (Å²) in [4.78, 5) is 61.5. The number of amides is 3. The van der Waals surface area contributed by atoms with E-state index in [0.717, 1.165) is 0 Å². The van der Waals surface area contributed by atoms with Crippen molar-refractivity contribution in [2.24, 2.45) is 5.92 Å². The smallest absolute Gasteiger partial charge is 0.280 e. The zero-order valence-corrected chi connectivity index (χ0v) is 21.3. The Labute approximate surface area is 214 Å². The van der Waals surface area contributed by atoms with Crippen molar-refractivity contribution in [1.82, 2.24) is 25.1 Å². The number of carbonyl (C=O) groups is 3. The topological polar surface area (TPSA) is 115 Å². The van der Waals surface area contributed by atoms with Crippen LogP contribution in [-0.4, -0.2) is 69.7 Å². The first-order chi connectivity index (χ1) is 17.2. The molecule has 2 heterocycles. The number of nitrogens with zero attached hydrogens (tertiary/aromatic N) is 3. The predicted molar refractivity (Wildman–Crippen MR) is 135 cm³/mol. The molecule has 1 aliphatic heterocycles. The van der Waals surface area contributed by atoms with Crippen molar-refractivity contribution in [2.45, 2.75) is 19.9 Å². The van der Waals surface area contributed by atoms with Gasteiger partial charge in [-0.2, -0.15) is 0 Å². The van der Waals surface area contributed by atoms with E-state index in [1.54, 1.807) is 47.9 Å². The molecule has 1 aromatic heterocycles. The molecule has 0 radical (unpaired) electrons. The molecule has 0 saturated carbocycles. The highest BCUT2D eigenvalue weighted by Gasteiger charge is 2.33. The molecular formula is C25H25BrFN5O4. The van der Waals surface area contributed by atoms with Gasteiger partial charge in [-0.3, -0.25) is 19.2 Å². The van der Waals surface area contributed by atoms with E-state index in [1.165, 1.54) is 18.2 Å². The lowest BCUT2D eigenvalue weighted by molar-refractivity contribution is -0.135. The van der Waals surface area contributed by atoms with Gasteiger partial charge in [0.2, 0.25) is 5.91 Å². The summed E-state index contributed by atoms with van der Waals surface area (Å²) in [6, 6.07) is 9.86. The highest BCUT2D eigenvalue weighted by atomic mass is 79.9. The number of H-pyrrole nitrogens is 1. The van der Waals surface area contributed by atoms with Gasteiger partial charge in [-0.05, 0) is 52.2 Å². The highest BCUT2D eigenvalue weighted by molar-refractivity contribution is 9.10. The third-order valence-electron chi connectivity index (χ3n) is 6.07. The van der Waals surface area contributed by atoms with Crippen molar-refractivity contribution in [3.63, 3.8) is 0 Å². The van der Waals surface area contributed by atoms with E-state index in [9.17, 15) is 23.6 Å². The van der Waals surface area contributed by atoms with Crippen LogP contribution in [0.2, 0.25) is 0 Å². The fourth-order valence-corrected chi connectivity index (χ4v) is 4.59. The Balaban J connectivity index is 1.43. The van der Waals surface area contributed by atoms with E-state index in [0.29, 0.717) is 34.2 Å². The third kappa shape index (κ3) is 5.30. The van der Waals surface area contributed by atoms with Gasteiger partial charge in [-0.1, -0.05) is 26.0 Å². The highest BCUT2D eigenvalue weighted by Crippen LogP contribution is 2.21. The van der Waals surface area contributed by atoms with Gasteiger partial charge < -0.3 is 20.1 Å². The third-order valence-corrected chi connectivity index (χ3v) is 6.73. The second kappa shape index (κ2) is 10.6. The number of para-hydroxylation sites is 2. The second-order valence-corrected chi connectivity index (χ2v) is 9.72. The Morgan fingerprint density at radius 3 is 2.39 bits per heavy atom. The van der Waals surface area contributed by atoms with Gasteiger partial charge in [0.15, 0.2) is 5.69 Å². The quantitative estimate of drug-likeness (QED) is 0.500. The lowest BCUT2D eigenvalue weighted by atomic mass is 10.0. The number of aromatic nitrogens is 2. The van der Waals surface area contributed by atoms with E-state index in [1.807, 2.05) is 0 Å². The molecule has 2 N–H and O–H groups in total. The fourth-order valence-electron chi connectivity index (χ4n) is 4.07. The van der Waals surface area contributed by atoms with Crippen LogP contribution in [0.3, 0.4) is 0 Å². The molecule has 1 fully saturated rings. The summed E-state index contributed by atoms with van der Waals surface area (Å²) in [5, 5.41) is 2.67. The monoisotopic (exact) mass is 557 g/mol. The minimum Gasteiger partial charge on any atom is -0.338 e. The van der Waals surface area contributed by atoms with Gasteiger partial charge >= 0.3 is 0 Å². The van der Waals surface area contributed by atoms with Crippen molar-refractivity contribution < 1.29 is 18.8 Å². The Kier molecular flexibility index (Phi) is 7.48. The molecule has 0 bridgehead atoms. The molecule has 4 rings (SSSR count). The van der Waals surface area contributed by atoms with Crippen molar-refractivity contribution >= 4 is 44.7 Å². The van der Waals surface area contributed by atoms with E-state index in [2.05, 4.69) is 31.2 Å². The van der Waals surface area contributed by atoms with Crippen LogP contribution in [0, 0.1) is 11.7 Å². The van der Waals surface area contributed by atoms with Crippen LogP contribution >= 0.6 is 15.9 Å². The van der Waals surface area contributed by atoms with E-state index >= 15 is 0 Å². The molecule has 36 heavy (non-hydrogen) atoms. The Hall–Kier alpha value is -3.60. The summed E-state index contributed by atoms with van der Waals surface area (Å²) >= 11 is 3.22. The van der Waals surface area contributed by atoms with Crippen molar-refractivity contribution in [1.29, 1.82) is 0 Å². The zero-order valence-electron chi connectivity index (χ0n) is 19.8. The first-order valence-corrected chi connectivity index (χ1v) is 12.3. The maximum Gasteiger partial charge on any atom is 0.280 e. The molecule has 0 aliphatic carbocycles. The number of rotatable bonds is 5. The minimum absolute atomic E-state index is 0.254. The maximum absolute atomic E-state index is 13.4. The van der Waals surface area contributed by atoms with Crippen LogP contribution in [0.25, 0.3) is 11.0 Å².